The van der Waals surface area contributed by atoms with Crippen LogP contribution in [0.5, 0.6) is 17.2 Å². The van der Waals surface area contributed by atoms with E-state index < -0.39 is 0 Å². The summed E-state index contributed by atoms with van der Waals surface area (Å²) in [5.41, 5.74) is 4.98. The van der Waals surface area contributed by atoms with Crippen LogP contribution >= 0.6 is 0 Å². The van der Waals surface area contributed by atoms with Gasteiger partial charge in [0.1, 0.15) is 17.2 Å². The van der Waals surface area contributed by atoms with Crippen molar-refractivity contribution >= 4 is 37.5 Å². The van der Waals surface area contributed by atoms with Crippen molar-refractivity contribution in [3.8, 4) is 52.8 Å². The van der Waals surface area contributed by atoms with Gasteiger partial charge in [-0.2, -0.15) is 0 Å². The minimum absolute atomic E-state index is 0.226. The Labute approximate surface area is 372 Å². The van der Waals surface area contributed by atoms with Gasteiger partial charge in [0.05, 0.1) is 47.6 Å². The van der Waals surface area contributed by atoms with Gasteiger partial charge in [-0.1, -0.05) is 127 Å². The first-order chi connectivity index (χ1) is 30.8. The van der Waals surface area contributed by atoms with E-state index in [0.717, 1.165) is 83.3 Å². The van der Waals surface area contributed by atoms with E-state index >= 15 is 0 Å². The Morgan fingerprint density at radius 2 is 0.603 bits per heavy atom. The van der Waals surface area contributed by atoms with Crippen LogP contribution in [-0.4, -0.2) is 51.3 Å². The summed E-state index contributed by atoms with van der Waals surface area (Å²) in [6.45, 7) is 11.6. The van der Waals surface area contributed by atoms with E-state index in [4.69, 9.17) is 14.2 Å². The molecule has 0 saturated carbocycles. The molecule has 0 aliphatic carbocycles. The third-order valence-corrected chi connectivity index (χ3v) is 10.0. The Morgan fingerprint density at radius 3 is 0.841 bits per heavy atom. The molecule has 4 aromatic rings. The second kappa shape index (κ2) is 27.1. The smallest absolute Gasteiger partial charge is 0.153 e. The average molecular weight is 845 g/mol. The highest BCUT2D eigenvalue weighted by Crippen LogP contribution is 2.28. The van der Waals surface area contributed by atoms with E-state index in [-0.39, 0.29) is 33.8 Å². The number of carbonyl (C=O) groups is 5. The molecule has 0 saturated heterocycles. The van der Waals surface area contributed by atoms with Gasteiger partial charge in [0.25, 0.3) is 0 Å². The monoisotopic (exact) mass is 844 g/mol. The van der Waals surface area contributed by atoms with Crippen molar-refractivity contribution in [3.63, 3.8) is 0 Å². The topological polar surface area (TPSA) is 113 Å². The Bertz CT molecular complexity index is 2070. The van der Waals surface area contributed by atoms with Crippen LogP contribution < -0.4 is 14.2 Å². The molecule has 0 aliphatic heterocycles. The lowest BCUT2D eigenvalue weighted by Gasteiger charge is -2.12. The fourth-order valence-electron chi connectivity index (χ4n) is 6.72. The standard InChI is InChI=1S/C55H56O8/c1-5-9-12-15-24-61-53-47(8-4)30-44(31-48(53)36-56)21-18-41-27-42(19-22-45-32-49(37-57)54(50(33-45)38-58)62-25-16-13-10-6-2)29-43(28-41)20-23-46-34-51(39-59)55(52(35-46)40-60)63-26-17-14-11-7-3/h8,27-40H,4-7,9-17,24-26H2,1-3H3. The van der Waals surface area contributed by atoms with Crippen molar-refractivity contribution in [3.05, 3.63) is 128 Å². The molecule has 0 fully saturated rings. The van der Waals surface area contributed by atoms with Crippen molar-refractivity contribution in [2.45, 2.75) is 97.8 Å². The lowest BCUT2D eigenvalue weighted by atomic mass is 10.0. The Hall–Kier alpha value is -6.95. The number of ether oxygens (including phenoxy) is 3. The highest BCUT2D eigenvalue weighted by molar-refractivity contribution is 5.90. The van der Waals surface area contributed by atoms with Gasteiger partial charge in [-0.15, -0.1) is 0 Å². The summed E-state index contributed by atoms with van der Waals surface area (Å²) in [5.74, 6) is 19.7. The second-order valence-corrected chi connectivity index (χ2v) is 15.0. The van der Waals surface area contributed by atoms with Gasteiger partial charge in [0.15, 0.2) is 31.4 Å². The number of aldehydes is 5. The van der Waals surface area contributed by atoms with Crippen molar-refractivity contribution in [2.75, 3.05) is 19.8 Å². The molecule has 0 unspecified atom stereocenters. The minimum atomic E-state index is 0.226. The molecule has 0 amide bonds. The Kier molecular flexibility index (Phi) is 20.9. The van der Waals surface area contributed by atoms with Crippen LogP contribution in [0.1, 0.15) is 189 Å². The van der Waals surface area contributed by atoms with E-state index in [9.17, 15) is 24.0 Å². The van der Waals surface area contributed by atoms with Crippen LogP contribution in [0.25, 0.3) is 6.08 Å². The third kappa shape index (κ3) is 15.2. The van der Waals surface area contributed by atoms with Gasteiger partial charge >= 0.3 is 0 Å². The molecule has 0 bridgehead atoms. The first kappa shape index (κ1) is 48.7. The summed E-state index contributed by atoms with van der Waals surface area (Å²) < 4.78 is 17.8. The van der Waals surface area contributed by atoms with Crippen LogP contribution in [0.15, 0.2) is 61.2 Å². The van der Waals surface area contributed by atoms with Crippen molar-refractivity contribution in [1.82, 2.24) is 0 Å². The molecular formula is C55H56O8. The summed E-state index contributed by atoms with van der Waals surface area (Å²) in [6, 6.07) is 15.2. The van der Waals surface area contributed by atoms with E-state index in [0.29, 0.717) is 95.2 Å². The average Bonchev–Trinajstić information content (AvgIpc) is 3.31. The van der Waals surface area contributed by atoms with Crippen LogP contribution in [0, 0.1) is 35.5 Å². The first-order valence-corrected chi connectivity index (χ1v) is 21.9. The number of rotatable bonds is 24. The van der Waals surface area contributed by atoms with Gasteiger partial charge in [-0.3, -0.25) is 24.0 Å². The highest BCUT2D eigenvalue weighted by atomic mass is 16.5. The molecule has 0 aromatic heterocycles. The Balaban J connectivity index is 1.77. The van der Waals surface area contributed by atoms with Crippen molar-refractivity contribution in [1.29, 1.82) is 0 Å². The molecule has 0 N–H and O–H groups in total. The molecule has 0 aliphatic rings. The minimum Gasteiger partial charge on any atom is -0.492 e. The molecule has 63 heavy (non-hydrogen) atoms. The molecule has 0 radical (unpaired) electrons. The first-order valence-electron chi connectivity index (χ1n) is 21.9. The molecular weight excluding hydrogens is 789 g/mol. The SMILES string of the molecule is C=Cc1cc(C#Cc2cc(C#Cc3cc(C=O)c(OCCCCCC)c(C=O)c3)cc(C#Cc3cc(C=O)c(OCCCCCC)c(C=O)c3)c2)cc(C=O)c1OCCCCCC. The quantitative estimate of drug-likeness (QED) is 0.0389. The zero-order chi connectivity index (χ0) is 45.2. The number of unbranched alkanes of at least 4 members (excludes halogenated alkanes) is 9. The van der Waals surface area contributed by atoms with Gasteiger partial charge in [0, 0.05) is 38.9 Å². The number of carbonyl (C=O) groups excluding carboxylic acids is 5. The normalized spacial score (nSPS) is 10.1. The van der Waals surface area contributed by atoms with Crippen LogP contribution in [0.3, 0.4) is 0 Å². The molecule has 8 heteroatoms. The van der Waals surface area contributed by atoms with E-state index in [2.05, 4.69) is 62.9 Å². The maximum Gasteiger partial charge on any atom is 0.153 e. The summed E-state index contributed by atoms with van der Waals surface area (Å²) in [4.78, 5) is 60.7. The maximum absolute atomic E-state index is 12.2. The zero-order valence-corrected chi connectivity index (χ0v) is 36.7. The maximum atomic E-state index is 12.2. The summed E-state index contributed by atoms with van der Waals surface area (Å²) in [6.07, 6.45) is 17.0. The molecule has 4 rings (SSSR count). The van der Waals surface area contributed by atoms with Crippen LogP contribution in [0.2, 0.25) is 0 Å². The summed E-state index contributed by atoms with van der Waals surface area (Å²) in [7, 11) is 0. The summed E-state index contributed by atoms with van der Waals surface area (Å²) >= 11 is 0. The van der Waals surface area contributed by atoms with E-state index in [1.54, 1.807) is 54.6 Å². The number of benzene rings is 4. The molecule has 0 atom stereocenters. The van der Waals surface area contributed by atoms with Crippen LogP contribution in [-0.2, 0) is 0 Å². The Morgan fingerprint density at radius 1 is 0.365 bits per heavy atom. The lowest BCUT2D eigenvalue weighted by Crippen LogP contribution is -2.04. The number of hydrogen-bond acceptors (Lipinski definition) is 8. The van der Waals surface area contributed by atoms with Gasteiger partial charge in [0.2, 0.25) is 0 Å². The highest BCUT2D eigenvalue weighted by Gasteiger charge is 2.14. The fourth-order valence-corrected chi connectivity index (χ4v) is 6.72. The van der Waals surface area contributed by atoms with E-state index in [1.165, 1.54) is 0 Å². The van der Waals surface area contributed by atoms with Gasteiger partial charge in [-0.25, -0.2) is 0 Å². The molecule has 0 heterocycles. The van der Waals surface area contributed by atoms with Crippen LogP contribution in [0.4, 0.5) is 0 Å². The number of hydrogen-bond donors (Lipinski definition) is 0. The molecule has 4 aromatic carbocycles. The van der Waals surface area contributed by atoms with Crippen molar-refractivity contribution < 1.29 is 38.2 Å². The van der Waals surface area contributed by atoms with Gasteiger partial charge in [-0.05, 0) is 73.9 Å². The molecule has 0 spiro atoms. The largest absolute Gasteiger partial charge is 0.492 e. The lowest BCUT2D eigenvalue weighted by molar-refractivity contribution is 0.110. The second-order valence-electron chi connectivity index (χ2n) is 15.0. The van der Waals surface area contributed by atoms with Gasteiger partial charge < -0.3 is 14.2 Å². The summed E-state index contributed by atoms with van der Waals surface area (Å²) in [5, 5.41) is 0. The van der Waals surface area contributed by atoms with E-state index in [1.807, 2.05) is 6.07 Å². The predicted octanol–water partition coefficient (Wildman–Crippen LogP) is 11.5. The van der Waals surface area contributed by atoms with Crippen molar-refractivity contribution in [2.24, 2.45) is 0 Å². The third-order valence-electron chi connectivity index (χ3n) is 10.0. The predicted molar refractivity (Wildman–Crippen MR) is 250 cm³/mol. The zero-order valence-electron chi connectivity index (χ0n) is 36.7. The molecule has 8 nitrogen and oxygen atoms in total. The fraction of sp³-hybridized carbons (Fsp3) is 0.327. The molecule has 324 valence electrons.